The van der Waals surface area contributed by atoms with Crippen LogP contribution >= 0.6 is 0 Å². The summed E-state index contributed by atoms with van der Waals surface area (Å²) >= 11 is 0. The van der Waals surface area contributed by atoms with Gasteiger partial charge >= 0.3 is 6.18 Å². The summed E-state index contributed by atoms with van der Waals surface area (Å²) in [5, 5.41) is 0. The Balaban J connectivity index is 2.22. The molecule has 0 aromatic heterocycles. The summed E-state index contributed by atoms with van der Waals surface area (Å²) in [5.74, 6) is 0.171. The normalized spacial score (nSPS) is 25.8. The summed E-state index contributed by atoms with van der Waals surface area (Å²) in [6, 6.07) is 5.81. The first-order valence-electron chi connectivity index (χ1n) is 6.39. The second-order valence-electron chi connectivity index (χ2n) is 5.10. The van der Waals surface area contributed by atoms with Crippen molar-refractivity contribution in [3.63, 3.8) is 0 Å². The van der Waals surface area contributed by atoms with Crippen LogP contribution in [0.4, 0.5) is 13.2 Å². The van der Waals surface area contributed by atoms with E-state index < -0.39 is 11.7 Å². The second kappa shape index (κ2) is 5.31. The average Bonchev–Trinajstić information content (AvgIpc) is 2.53. The maximum absolute atomic E-state index is 12.7. The Kier molecular flexibility index (Phi) is 3.95. The van der Waals surface area contributed by atoms with Crippen LogP contribution in [0.1, 0.15) is 49.1 Å². The number of nitrogens with two attached hydrogens (primary N) is 1. The van der Waals surface area contributed by atoms with Gasteiger partial charge in [0.2, 0.25) is 0 Å². The van der Waals surface area contributed by atoms with Crippen LogP contribution in [0.5, 0.6) is 0 Å². The van der Waals surface area contributed by atoms with Crippen LogP contribution in [0.25, 0.3) is 0 Å². The molecule has 1 fully saturated rings. The molecule has 0 radical (unpaired) electrons. The van der Waals surface area contributed by atoms with Gasteiger partial charge in [0.1, 0.15) is 0 Å². The van der Waals surface area contributed by atoms with Crippen molar-refractivity contribution < 1.29 is 13.2 Å². The molecule has 100 valence electrons. The lowest BCUT2D eigenvalue weighted by Gasteiger charge is -2.18. The molecule has 0 heterocycles. The minimum atomic E-state index is -4.26. The van der Waals surface area contributed by atoms with Gasteiger partial charge in [0.25, 0.3) is 0 Å². The van der Waals surface area contributed by atoms with Crippen molar-refractivity contribution in [1.29, 1.82) is 0 Å². The first-order chi connectivity index (χ1) is 8.47. The number of benzene rings is 1. The van der Waals surface area contributed by atoms with Crippen molar-refractivity contribution in [2.45, 2.75) is 50.2 Å². The molecule has 1 aromatic rings. The molecule has 2 N–H and O–H groups in total. The molecular weight excluding hydrogens is 239 g/mol. The quantitative estimate of drug-likeness (QED) is 0.754. The van der Waals surface area contributed by atoms with Crippen molar-refractivity contribution in [2.24, 2.45) is 5.73 Å². The highest BCUT2D eigenvalue weighted by Crippen LogP contribution is 2.35. The van der Waals surface area contributed by atoms with Crippen LogP contribution in [0.3, 0.4) is 0 Å². The Labute approximate surface area is 105 Å². The summed E-state index contributed by atoms with van der Waals surface area (Å²) in [5.41, 5.74) is 6.19. The lowest BCUT2D eigenvalue weighted by molar-refractivity contribution is -0.137. The molecule has 1 saturated carbocycles. The monoisotopic (exact) mass is 257 g/mol. The summed E-state index contributed by atoms with van der Waals surface area (Å²) in [4.78, 5) is 0. The van der Waals surface area contributed by atoms with Gasteiger partial charge in [-0.05, 0) is 36.8 Å². The lowest BCUT2D eigenvalue weighted by atomic mass is 9.89. The zero-order valence-electron chi connectivity index (χ0n) is 10.2. The zero-order chi connectivity index (χ0) is 13.2. The fraction of sp³-hybridized carbons (Fsp3) is 0.571. The molecule has 1 nitrogen and oxygen atoms in total. The minimum absolute atomic E-state index is 0.118. The van der Waals surface area contributed by atoms with Gasteiger partial charge in [0, 0.05) is 6.04 Å². The number of rotatable bonds is 1. The Morgan fingerprint density at radius 1 is 1.11 bits per heavy atom. The van der Waals surface area contributed by atoms with Gasteiger partial charge in [-0.2, -0.15) is 13.2 Å². The van der Waals surface area contributed by atoms with E-state index in [1.54, 1.807) is 6.07 Å². The van der Waals surface area contributed by atoms with Gasteiger partial charge < -0.3 is 5.73 Å². The number of hydrogen-bond donors (Lipinski definition) is 1. The third-order valence-corrected chi connectivity index (χ3v) is 3.65. The predicted octanol–water partition coefficient (Wildman–Crippen LogP) is 4.08. The summed E-state index contributed by atoms with van der Waals surface area (Å²) in [7, 11) is 0. The van der Waals surface area contributed by atoms with E-state index in [9.17, 15) is 13.2 Å². The van der Waals surface area contributed by atoms with Gasteiger partial charge in [-0.1, -0.05) is 31.0 Å². The van der Waals surface area contributed by atoms with E-state index in [0.29, 0.717) is 0 Å². The van der Waals surface area contributed by atoms with Crippen LogP contribution in [-0.4, -0.2) is 6.04 Å². The fourth-order valence-electron chi connectivity index (χ4n) is 2.67. The standard InChI is InChI=1S/C14H18F3N/c15-14(16,17)12-6-3-5-10(8-12)11-4-1-2-7-13(18)9-11/h3,5-6,8,11,13H,1-2,4,7,9,18H2. The van der Waals surface area contributed by atoms with Gasteiger partial charge in [0.15, 0.2) is 0 Å². The van der Waals surface area contributed by atoms with E-state index in [1.165, 1.54) is 12.1 Å². The first kappa shape index (κ1) is 13.4. The largest absolute Gasteiger partial charge is 0.416 e. The lowest BCUT2D eigenvalue weighted by Crippen LogP contribution is -2.21. The van der Waals surface area contributed by atoms with Crippen LogP contribution in [-0.2, 0) is 6.18 Å². The van der Waals surface area contributed by atoms with E-state index in [-0.39, 0.29) is 12.0 Å². The Morgan fingerprint density at radius 3 is 2.56 bits per heavy atom. The molecule has 2 rings (SSSR count). The van der Waals surface area contributed by atoms with Crippen molar-refractivity contribution >= 4 is 0 Å². The van der Waals surface area contributed by atoms with Gasteiger partial charge in [-0.15, -0.1) is 0 Å². The van der Waals surface area contributed by atoms with Crippen molar-refractivity contribution in [3.05, 3.63) is 35.4 Å². The number of alkyl halides is 3. The maximum atomic E-state index is 12.7. The van der Waals surface area contributed by atoms with Crippen LogP contribution in [0.2, 0.25) is 0 Å². The van der Waals surface area contributed by atoms with E-state index >= 15 is 0 Å². The summed E-state index contributed by atoms with van der Waals surface area (Å²) in [6.45, 7) is 0. The second-order valence-corrected chi connectivity index (χ2v) is 5.10. The van der Waals surface area contributed by atoms with Crippen LogP contribution in [0, 0.1) is 0 Å². The van der Waals surface area contributed by atoms with Crippen molar-refractivity contribution in [3.8, 4) is 0 Å². The summed E-state index contributed by atoms with van der Waals surface area (Å²) < 4.78 is 38.0. The van der Waals surface area contributed by atoms with Gasteiger partial charge in [-0.25, -0.2) is 0 Å². The molecule has 2 unspecified atom stereocenters. The highest BCUT2D eigenvalue weighted by molar-refractivity contribution is 5.28. The molecule has 2 atom stereocenters. The number of hydrogen-bond acceptors (Lipinski definition) is 1. The van der Waals surface area contributed by atoms with Gasteiger partial charge in [-0.3, -0.25) is 0 Å². The molecule has 0 amide bonds. The molecule has 1 aliphatic rings. The van der Waals surface area contributed by atoms with E-state index in [2.05, 4.69) is 0 Å². The van der Waals surface area contributed by atoms with Crippen LogP contribution in [0.15, 0.2) is 24.3 Å². The first-order valence-corrected chi connectivity index (χ1v) is 6.39. The highest BCUT2D eigenvalue weighted by atomic mass is 19.4. The van der Waals surface area contributed by atoms with E-state index in [1.807, 2.05) is 0 Å². The van der Waals surface area contributed by atoms with Gasteiger partial charge in [0.05, 0.1) is 5.56 Å². The Morgan fingerprint density at radius 2 is 1.83 bits per heavy atom. The number of halogens is 3. The molecular formula is C14H18F3N. The molecule has 0 spiro atoms. The Bertz CT molecular complexity index is 400. The minimum Gasteiger partial charge on any atom is -0.328 e. The molecule has 18 heavy (non-hydrogen) atoms. The molecule has 0 saturated heterocycles. The molecule has 0 aliphatic heterocycles. The molecule has 4 heteroatoms. The van der Waals surface area contributed by atoms with Crippen molar-refractivity contribution in [2.75, 3.05) is 0 Å². The third kappa shape index (κ3) is 3.25. The van der Waals surface area contributed by atoms with E-state index in [4.69, 9.17) is 5.73 Å². The molecule has 1 aliphatic carbocycles. The topological polar surface area (TPSA) is 26.0 Å². The average molecular weight is 257 g/mol. The third-order valence-electron chi connectivity index (χ3n) is 3.65. The van der Waals surface area contributed by atoms with E-state index in [0.717, 1.165) is 43.7 Å². The Hall–Kier alpha value is -1.03. The smallest absolute Gasteiger partial charge is 0.328 e. The SMILES string of the molecule is NC1CCCCC(c2cccc(C(F)(F)F)c2)C1. The molecule has 0 bridgehead atoms. The maximum Gasteiger partial charge on any atom is 0.416 e. The molecule has 1 aromatic carbocycles. The predicted molar refractivity (Wildman–Crippen MR) is 65.2 cm³/mol. The summed E-state index contributed by atoms with van der Waals surface area (Å²) in [6.07, 6.45) is 0.583. The highest BCUT2D eigenvalue weighted by Gasteiger charge is 2.31. The fourth-order valence-corrected chi connectivity index (χ4v) is 2.67. The zero-order valence-corrected chi connectivity index (χ0v) is 10.2. The van der Waals surface area contributed by atoms with Crippen molar-refractivity contribution in [1.82, 2.24) is 0 Å². The van der Waals surface area contributed by atoms with Crippen LogP contribution < -0.4 is 5.73 Å².